The number of fused-ring (bicyclic) bond motifs is 1. The molecule has 2 aromatic carbocycles. The number of hydrogen-bond donors (Lipinski definition) is 0. The maximum absolute atomic E-state index is 12.2. The predicted octanol–water partition coefficient (Wildman–Crippen LogP) is 2.11. The maximum Gasteiger partial charge on any atom is 0.340 e. The molecule has 0 atom stereocenters. The van der Waals surface area contributed by atoms with Crippen LogP contribution in [0, 0.1) is 0 Å². The Balaban J connectivity index is 1.71. The minimum atomic E-state index is -0.638. The van der Waals surface area contributed by atoms with E-state index in [1.165, 1.54) is 13.2 Å². The number of amides is 2. The molecule has 6 heteroatoms. The molecule has 0 bridgehead atoms. The summed E-state index contributed by atoms with van der Waals surface area (Å²) >= 11 is 0. The van der Waals surface area contributed by atoms with Crippen LogP contribution in [0.3, 0.4) is 0 Å². The third-order valence-corrected chi connectivity index (χ3v) is 3.51. The number of ether oxygens (including phenoxy) is 2. The SMILES string of the molecule is COc1cccc(C(=O)OCN2C(=O)c3ccccc3C2=O)c1. The molecule has 6 nitrogen and oxygen atoms in total. The van der Waals surface area contributed by atoms with E-state index in [0.29, 0.717) is 16.9 Å². The normalized spacial score (nSPS) is 13.0. The van der Waals surface area contributed by atoms with Crippen LogP contribution < -0.4 is 4.74 Å². The van der Waals surface area contributed by atoms with Crippen molar-refractivity contribution in [2.24, 2.45) is 0 Å². The van der Waals surface area contributed by atoms with Gasteiger partial charge in [0.25, 0.3) is 11.8 Å². The molecule has 0 aromatic heterocycles. The van der Waals surface area contributed by atoms with E-state index < -0.39 is 24.5 Å². The molecule has 0 radical (unpaired) electrons. The standard InChI is InChI=1S/C17H13NO5/c1-22-12-6-4-5-11(9-12)17(21)23-10-18-15(19)13-7-2-3-8-14(13)16(18)20/h2-9H,10H2,1H3. The third-order valence-electron chi connectivity index (χ3n) is 3.51. The Kier molecular flexibility index (Phi) is 3.80. The van der Waals surface area contributed by atoms with Crippen LogP contribution in [0.2, 0.25) is 0 Å². The Labute approximate surface area is 132 Å². The fraction of sp³-hybridized carbons (Fsp3) is 0.118. The third kappa shape index (κ3) is 2.66. The molecule has 3 rings (SSSR count). The van der Waals surface area contributed by atoms with Gasteiger partial charge in [-0.3, -0.25) is 9.59 Å². The highest BCUT2D eigenvalue weighted by Gasteiger charge is 2.35. The lowest BCUT2D eigenvalue weighted by molar-refractivity contribution is 0.0228. The molecule has 1 aliphatic rings. The molecule has 2 aromatic rings. The van der Waals surface area contributed by atoms with Crippen LogP contribution in [-0.4, -0.2) is 36.5 Å². The van der Waals surface area contributed by atoms with Crippen molar-refractivity contribution < 1.29 is 23.9 Å². The first-order chi connectivity index (χ1) is 11.1. The molecule has 0 fully saturated rings. The zero-order chi connectivity index (χ0) is 16.4. The van der Waals surface area contributed by atoms with Crippen molar-refractivity contribution in [3.8, 4) is 5.75 Å². The summed E-state index contributed by atoms with van der Waals surface area (Å²) in [6, 6.07) is 12.9. The van der Waals surface area contributed by atoms with E-state index in [4.69, 9.17) is 9.47 Å². The predicted molar refractivity (Wildman–Crippen MR) is 80.2 cm³/mol. The van der Waals surface area contributed by atoms with Crippen LogP contribution in [0.25, 0.3) is 0 Å². The van der Waals surface area contributed by atoms with Crippen molar-refractivity contribution in [1.29, 1.82) is 0 Å². The minimum absolute atomic E-state index is 0.279. The molecule has 116 valence electrons. The second kappa shape index (κ2) is 5.92. The molecular formula is C17H13NO5. The van der Waals surface area contributed by atoms with Crippen LogP contribution in [0.1, 0.15) is 31.1 Å². The van der Waals surface area contributed by atoms with Gasteiger partial charge in [-0.1, -0.05) is 18.2 Å². The lowest BCUT2D eigenvalue weighted by Crippen LogP contribution is -2.33. The van der Waals surface area contributed by atoms with Crippen LogP contribution in [0.15, 0.2) is 48.5 Å². The molecule has 0 N–H and O–H groups in total. The lowest BCUT2D eigenvalue weighted by atomic mass is 10.1. The first-order valence-electron chi connectivity index (χ1n) is 6.88. The summed E-state index contributed by atoms with van der Waals surface area (Å²) in [5, 5.41) is 0. The van der Waals surface area contributed by atoms with E-state index >= 15 is 0 Å². The number of imide groups is 1. The topological polar surface area (TPSA) is 72.9 Å². The van der Waals surface area contributed by atoms with Gasteiger partial charge < -0.3 is 9.47 Å². The molecule has 23 heavy (non-hydrogen) atoms. The van der Waals surface area contributed by atoms with Gasteiger partial charge in [-0.05, 0) is 30.3 Å². The van der Waals surface area contributed by atoms with E-state index in [-0.39, 0.29) is 5.56 Å². The molecule has 0 unspecified atom stereocenters. The first kappa shape index (κ1) is 14.8. The Bertz CT molecular complexity index is 764. The molecule has 0 saturated carbocycles. The van der Waals surface area contributed by atoms with Gasteiger partial charge in [-0.15, -0.1) is 0 Å². The van der Waals surface area contributed by atoms with Gasteiger partial charge in [0.05, 0.1) is 23.8 Å². The number of esters is 1. The Morgan fingerprint density at radius 2 is 1.65 bits per heavy atom. The van der Waals surface area contributed by atoms with Crippen LogP contribution in [-0.2, 0) is 4.74 Å². The van der Waals surface area contributed by atoms with Gasteiger partial charge in [-0.2, -0.15) is 0 Å². The van der Waals surface area contributed by atoms with Crippen molar-refractivity contribution >= 4 is 17.8 Å². The summed E-state index contributed by atoms with van der Waals surface area (Å²) in [6.07, 6.45) is 0. The highest BCUT2D eigenvalue weighted by molar-refractivity contribution is 6.21. The minimum Gasteiger partial charge on any atom is -0.497 e. The quantitative estimate of drug-likeness (QED) is 0.638. The number of nitrogens with zero attached hydrogens (tertiary/aromatic N) is 1. The highest BCUT2D eigenvalue weighted by Crippen LogP contribution is 2.22. The van der Waals surface area contributed by atoms with Crippen LogP contribution in [0.4, 0.5) is 0 Å². The number of carbonyl (C=O) groups is 3. The smallest absolute Gasteiger partial charge is 0.340 e. The monoisotopic (exact) mass is 311 g/mol. The highest BCUT2D eigenvalue weighted by atomic mass is 16.5. The van der Waals surface area contributed by atoms with Gasteiger partial charge >= 0.3 is 5.97 Å². The summed E-state index contributed by atoms with van der Waals surface area (Å²) in [6.45, 7) is -0.428. The number of carbonyl (C=O) groups excluding carboxylic acids is 3. The number of hydrogen-bond acceptors (Lipinski definition) is 5. The summed E-state index contributed by atoms with van der Waals surface area (Å²) in [4.78, 5) is 37.2. The van der Waals surface area contributed by atoms with Crippen molar-refractivity contribution in [2.45, 2.75) is 0 Å². The first-order valence-corrected chi connectivity index (χ1v) is 6.88. The zero-order valence-electron chi connectivity index (χ0n) is 12.3. The zero-order valence-corrected chi connectivity index (χ0v) is 12.3. The summed E-state index contributed by atoms with van der Waals surface area (Å²) < 4.78 is 10.1. The summed E-state index contributed by atoms with van der Waals surface area (Å²) in [7, 11) is 1.49. The van der Waals surface area contributed by atoms with Gasteiger partial charge in [0, 0.05) is 0 Å². The molecule has 2 amide bonds. The second-order valence-electron chi connectivity index (χ2n) is 4.88. The van der Waals surface area contributed by atoms with Gasteiger partial charge in [0.1, 0.15) is 5.75 Å². The second-order valence-corrected chi connectivity index (χ2v) is 4.88. The lowest BCUT2D eigenvalue weighted by Gasteiger charge is -2.14. The van der Waals surface area contributed by atoms with E-state index in [1.807, 2.05) is 0 Å². The van der Waals surface area contributed by atoms with Gasteiger partial charge in [0.2, 0.25) is 0 Å². The Morgan fingerprint density at radius 3 is 2.26 bits per heavy atom. The van der Waals surface area contributed by atoms with Crippen molar-refractivity contribution in [3.63, 3.8) is 0 Å². The molecule has 0 aliphatic carbocycles. The molecule has 0 spiro atoms. The average molecular weight is 311 g/mol. The molecule has 0 saturated heterocycles. The molecular weight excluding hydrogens is 298 g/mol. The summed E-state index contributed by atoms with van der Waals surface area (Å²) in [5.41, 5.74) is 0.908. The molecule has 1 aliphatic heterocycles. The fourth-order valence-corrected chi connectivity index (χ4v) is 2.31. The Hall–Kier alpha value is -3.15. The number of rotatable bonds is 4. The van der Waals surface area contributed by atoms with Gasteiger partial charge in [0.15, 0.2) is 6.73 Å². The number of benzene rings is 2. The maximum atomic E-state index is 12.2. The van der Waals surface area contributed by atoms with Gasteiger partial charge in [-0.25, -0.2) is 9.69 Å². The van der Waals surface area contributed by atoms with E-state index in [0.717, 1.165) is 4.90 Å². The van der Waals surface area contributed by atoms with Crippen molar-refractivity contribution in [2.75, 3.05) is 13.8 Å². The van der Waals surface area contributed by atoms with E-state index in [1.54, 1.807) is 42.5 Å². The molecule has 1 heterocycles. The fourth-order valence-electron chi connectivity index (χ4n) is 2.31. The Morgan fingerprint density at radius 1 is 1.00 bits per heavy atom. The largest absolute Gasteiger partial charge is 0.497 e. The van der Waals surface area contributed by atoms with Crippen molar-refractivity contribution in [3.05, 3.63) is 65.2 Å². The van der Waals surface area contributed by atoms with Crippen LogP contribution >= 0.6 is 0 Å². The van der Waals surface area contributed by atoms with E-state index in [2.05, 4.69) is 0 Å². The number of methoxy groups -OCH3 is 1. The average Bonchev–Trinajstić information content (AvgIpc) is 2.84. The summed E-state index contributed by atoms with van der Waals surface area (Å²) in [5.74, 6) is -1.06. The van der Waals surface area contributed by atoms with E-state index in [9.17, 15) is 14.4 Å². The van der Waals surface area contributed by atoms with Crippen LogP contribution in [0.5, 0.6) is 5.75 Å². The van der Waals surface area contributed by atoms with Crippen molar-refractivity contribution in [1.82, 2.24) is 4.90 Å².